The van der Waals surface area contributed by atoms with E-state index in [1.165, 1.54) is 7.11 Å². The number of hydrogen-bond acceptors (Lipinski definition) is 4. The second-order valence-corrected chi connectivity index (χ2v) is 4.72. The predicted molar refractivity (Wildman–Crippen MR) is 74.1 cm³/mol. The first-order valence-corrected chi connectivity index (χ1v) is 6.46. The molecule has 0 bridgehead atoms. The Bertz CT molecular complexity index is 420. The Kier molecular flexibility index (Phi) is 6.50. The topological polar surface area (TPSA) is 44.8 Å². The van der Waals surface area contributed by atoms with Crippen molar-refractivity contribution in [3.63, 3.8) is 0 Å². The van der Waals surface area contributed by atoms with Crippen molar-refractivity contribution < 1.29 is 19.0 Å². The average molecular weight is 287 g/mol. The third kappa shape index (κ3) is 4.99. The van der Waals surface area contributed by atoms with E-state index in [4.69, 9.17) is 21.1 Å². The molecule has 0 aromatic heterocycles. The van der Waals surface area contributed by atoms with Crippen LogP contribution in [-0.2, 0) is 16.0 Å². The highest BCUT2D eigenvalue weighted by Crippen LogP contribution is 2.28. The summed E-state index contributed by atoms with van der Waals surface area (Å²) in [4.78, 5) is 11.0. The minimum atomic E-state index is -0.238. The third-order valence-electron chi connectivity index (χ3n) is 2.79. The van der Waals surface area contributed by atoms with Crippen LogP contribution in [0.3, 0.4) is 0 Å². The van der Waals surface area contributed by atoms with Crippen LogP contribution in [0.15, 0.2) is 18.2 Å². The second-order valence-electron chi connectivity index (χ2n) is 4.11. The van der Waals surface area contributed by atoms with E-state index in [0.717, 1.165) is 5.56 Å². The van der Waals surface area contributed by atoms with Crippen LogP contribution < -0.4 is 9.47 Å². The van der Waals surface area contributed by atoms with Crippen molar-refractivity contribution in [2.75, 3.05) is 21.3 Å². The average Bonchev–Trinajstić information content (AvgIpc) is 2.44. The summed E-state index contributed by atoms with van der Waals surface area (Å²) in [6.45, 7) is 0. The molecule has 0 saturated heterocycles. The summed E-state index contributed by atoms with van der Waals surface area (Å²) < 4.78 is 15.0. The molecular weight excluding hydrogens is 268 g/mol. The maximum Gasteiger partial charge on any atom is 0.305 e. The van der Waals surface area contributed by atoms with Crippen LogP contribution in [-0.4, -0.2) is 32.7 Å². The van der Waals surface area contributed by atoms with Crippen LogP contribution in [0.5, 0.6) is 11.5 Å². The van der Waals surface area contributed by atoms with Crippen LogP contribution in [0.2, 0.25) is 0 Å². The smallest absolute Gasteiger partial charge is 0.305 e. The molecule has 0 unspecified atom stereocenters. The molecule has 0 aliphatic heterocycles. The molecule has 1 aromatic rings. The lowest BCUT2D eigenvalue weighted by molar-refractivity contribution is -0.140. The van der Waals surface area contributed by atoms with Crippen LogP contribution in [0.1, 0.15) is 18.4 Å². The number of ether oxygens (including phenoxy) is 3. The van der Waals surface area contributed by atoms with Gasteiger partial charge in [-0.3, -0.25) is 4.79 Å². The molecule has 0 N–H and O–H groups in total. The molecule has 0 saturated carbocycles. The monoisotopic (exact) mass is 286 g/mol. The van der Waals surface area contributed by atoms with E-state index >= 15 is 0 Å². The van der Waals surface area contributed by atoms with Crippen molar-refractivity contribution in [2.24, 2.45) is 0 Å². The molecule has 0 amide bonds. The Labute approximate surface area is 118 Å². The minimum Gasteiger partial charge on any atom is -0.493 e. The second kappa shape index (κ2) is 7.89. The lowest BCUT2D eigenvalue weighted by atomic mass is 10.1. The largest absolute Gasteiger partial charge is 0.493 e. The number of hydrogen-bond donors (Lipinski definition) is 0. The SMILES string of the molecule is COC(=O)CC[C@@H](Cl)Cc1ccc(OC)c(OC)c1. The normalized spacial score (nSPS) is 11.8. The minimum absolute atomic E-state index is 0.114. The van der Waals surface area contributed by atoms with Gasteiger partial charge in [0.05, 0.1) is 21.3 Å². The summed E-state index contributed by atoms with van der Waals surface area (Å²) in [6.07, 6.45) is 1.58. The lowest BCUT2D eigenvalue weighted by Gasteiger charge is -2.12. The zero-order valence-electron chi connectivity index (χ0n) is 11.4. The molecule has 0 aliphatic rings. The molecule has 0 fully saturated rings. The van der Waals surface area contributed by atoms with Gasteiger partial charge in [0.25, 0.3) is 0 Å². The Balaban J connectivity index is 2.59. The molecule has 4 nitrogen and oxygen atoms in total. The van der Waals surface area contributed by atoms with Crippen molar-refractivity contribution in [2.45, 2.75) is 24.6 Å². The van der Waals surface area contributed by atoms with Crippen molar-refractivity contribution in [1.29, 1.82) is 0 Å². The van der Waals surface area contributed by atoms with E-state index in [2.05, 4.69) is 4.74 Å². The van der Waals surface area contributed by atoms with Crippen molar-refractivity contribution in [3.05, 3.63) is 23.8 Å². The summed E-state index contributed by atoms with van der Waals surface area (Å²) in [5.41, 5.74) is 1.04. The molecule has 1 atom stereocenters. The Morgan fingerprint density at radius 2 is 1.89 bits per heavy atom. The van der Waals surface area contributed by atoms with Gasteiger partial charge in [-0.15, -0.1) is 11.6 Å². The number of esters is 1. The fourth-order valence-electron chi connectivity index (χ4n) is 1.74. The fraction of sp³-hybridized carbons (Fsp3) is 0.500. The highest BCUT2D eigenvalue weighted by Gasteiger charge is 2.11. The van der Waals surface area contributed by atoms with Gasteiger partial charge >= 0.3 is 5.97 Å². The summed E-state index contributed by atoms with van der Waals surface area (Å²) in [5, 5.41) is -0.114. The molecule has 1 rings (SSSR count). The van der Waals surface area contributed by atoms with E-state index in [1.807, 2.05) is 18.2 Å². The van der Waals surface area contributed by atoms with E-state index in [1.54, 1.807) is 14.2 Å². The Hall–Kier alpha value is -1.42. The maximum absolute atomic E-state index is 11.0. The van der Waals surface area contributed by atoms with Gasteiger partial charge in [-0.1, -0.05) is 6.07 Å². The number of methoxy groups -OCH3 is 3. The van der Waals surface area contributed by atoms with Crippen molar-refractivity contribution >= 4 is 17.6 Å². The molecule has 0 heterocycles. The third-order valence-corrected chi connectivity index (χ3v) is 3.17. The van der Waals surface area contributed by atoms with E-state index in [9.17, 15) is 4.79 Å². The quantitative estimate of drug-likeness (QED) is 0.571. The van der Waals surface area contributed by atoms with Crippen molar-refractivity contribution in [1.82, 2.24) is 0 Å². The predicted octanol–water partition coefficient (Wildman–Crippen LogP) is 2.81. The Morgan fingerprint density at radius 1 is 1.21 bits per heavy atom. The van der Waals surface area contributed by atoms with Crippen LogP contribution in [0.4, 0.5) is 0 Å². The van der Waals surface area contributed by atoms with Crippen LogP contribution in [0.25, 0.3) is 0 Å². The van der Waals surface area contributed by atoms with Gasteiger partial charge in [0.15, 0.2) is 11.5 Å². The molecule has 0 spiro atoms. The Morgan fingerprint density at radius 3 is 2.47 bits per heavy atom. The van der Waals surface area contributed by atoms with Gasteiger partial charge in [0, 0.05) is 11.8 Å². The maximum atomic E-state index is 11.0. The summed E-state index contributed by atoms with van der Waals surface area (Å²) in [5.74, 6) is 1.13. The molecule has 19 heavy (non-hydrogen) atoms. The molecule has 1 aromatic carbocycles. The van der Waals surface area contributed by atoms with Crippen molar-refractivity contribution in [3.8, 4) is 11.5 Å². The highest BCUT2D eigenvalue weighted by molar-refractivity contribution is 6.20. The van der Waals surface area contributed by atoms with Gasteiger partial charge in [-0.05, 0) is 30.5 Å². The van der Waals surface area contributed by atoms with Crippen LogP contribution in [0, 0.1) is 0 Å². The number of carbonyl (C=O) groups excluding carboxylic acids is 1. The number of alkyl halides is 1. The number of carbonyl (C=O) groups is 1. The van der Waals surface area contributed by atoms with Gasteiger partial charge in [-0.2, -0.15) is 0 Å². The lowest BCUT2D eigenvalue weighted by Crippen LogP contribution is -2.08. The number of halogens is 1. The highest BCUT2D eigenvalue weighted by atomic mass is 35.5. The molecule has 5 heteroatoms. The number of rotatable bonds is 7. The van der Waals surface area contributed by atoms with E-state index in [0.29, 0.717) is 30.8 Å². The first-order valence-electron chi connectivity index (χ1n) is 6.02. The van der Waals surface area contributed by atoms with Gasteiger partial charge in [-0.25, -0.2) is 0 Å². The summed E-state index contributed by atoms with van der Waals surface area (Å²) in [7, 11) is 4.56. The first kappa shape index (κ1) is 15.6. The zero-order chi connectivity index (χ0) is 14.3. The van der Waals surface area contributed by atoms with Gasteiger partial charge in [0.2, 0.25) is 0 Å². The fourth-order valence-corrected chi connectivity index (χ4v) is 2.03. The number of benzene rings is 1. The summed E-state index contributed by atoms with van der Waals surface area (Å²) in [6, 6.07) is 5.68. The van der Waals surface area contributed by atoms with E-state index in [-0.39, 0.29) is 11.3 Å². The van der Waals surface area contributed by atoms with Gasteiger partial charge < -0.3 is 14.2 Å². The first-order chi connectivity index (χ1) is 9.10. The summed E-state index contributed by atoms with van der Waals surface area (Å²) >= 11 is 6.21. The standard InChI is InChI=1S/C14H19ClO4/c1-17-12-6-4-10(9-13(12)18-2)8-11(15)5-7-14(16)19-3/h4,6,9,11H,5,7-8H2,1-3H3/t11-/m1/s1. The molecular formula is C14H19ClO4. The molecule has 106 valence electrons. The van der Waals surface area contributed by atoms with Gasteiger partial charge in [0.1, 0.15) is 0 Å². The zero-order valence-corrected chi connectivity index (χ0v) is 12.2. The van der Waals surface area contributed by atoms with E-state index < -0.39 is 0 Å². The molecule has 0 radical (unpaired) electrons. The van der Waals surface area contributed by atoms with Crippen LogP contribution >= 0.6 is 11.6 Å². The molecule has 0 aliphatic carbocycles.